The SMILES string of the molecule is COCCS(=O)(=O)N[C@@H]1C[C@@H]2CC[C@@H](C)[C@@](O)(O2)C(=O)C(=O)N2CCCC[C@H]2C(=O)O[C@H]([C@H](C)C[C@@H]2CC[C@@H](O)[C@H](OC)C2)CC(=O)[C@H](C)/C=C(\C)[C@@H](O)[C@@H](OC)C(=O)[C@H](C)C[C@H](C)/C=C/C=C/C=C/1C. The Hall–Kier alpha value is -3.46. The van der Waals surface area contributed by atoms with Gasteiger partial charge >= 0.3 is 5.97 Å². The van der Waals surface area contributed by atoms with E-state index in [1.54, 1.807) is 66.0 Å². The molecule has 4 rings (SSSR count). The number of aliphatic hydroxyl groups excluding tert-OH is 2. The summed E-state index contributed by atoms with van der Waals surface area (Å²) < 4.78 is 57.8. The maximum atomic E-state index is 14.5. The molecule has 0 radical (unpaired) electrons. The number of sulfonamides is 1. The molecule has 3 aliphatic heterocycles. The minimum Gasteiger partial charge on any atom is -0.460 e. The summed E-state index contributed by atoms with van der Waals surface area (Å²) >= 11 is 0. The van der Waals surface area contributed by atoms with Crippen LogP contribution in [0.5, 0.6) is 0 Å². The predicted molar refractivity (Wildman–Crippen MR) is 267 cm³/mol. The molecule has 0 aromatic carbocycles. The quantitative estimate of drug-likeness (QED) is 0.126. The van der Waals surface area contributed by atoms with Crippen LogP contribution in [0.2, 0.25) is 0 Å². The Labute approximate surface area is 422 Å². The minimum absolute atomic E-state index is 0.00697. The number of methoxy groups -OCH3 is 3. The molecule has 3 fully saturated rings. The number of ether oxygens (including phenoxy) is 5. The van der Waals surface area contributed by atoms with E-state index >= 15 is 0 Å². The number of amides is 1. The second-order valence-electron chi connectivity index (χ2n) is 20.8. The van der Waals surface area contributed by atoms with Crippen LogP contribution in [0.25, 0.3) is 0 Å². The highest BCUT2D eigenvalue weighted by Gasteiger charge is 2.53. The Bertz CT molecular complexity index is 2050. The van der Waals surface area contributed by atoms with Gasteiger partial charge < -0.3 is 43.9 Å². The van der Waals surface area contributed by atoms with Gasteiger partial charge in [-0.1, -0.05) is 76.6 Å². The third kappa shape index (κ3) is 16.8. The molecule has 3 heterocycles. The fourth-order valence-electron chi connectivity index (χ4n) is 10.5. The number of nitrogens with one attached hydrogen (secondary N) is 1. The van der Waals surface area contributed by atoms with Gasteiger partial charge in [-0.2, -0.15) is 0 Å². The zero-order valence-corrected chi connectivity index (χ0v) is 44.6. The lowest BCUT2D eigenvalue weighted by molar-refractivity contribution is -0.264. The lowest BCUT2D eigenvalue weighted by atomic mass is 9.78. The number of esters is 1. The topological polar surface area (TPSA) is 242 Å². The molecule has 15 atom stereocenters. The van der Waals surface area contributed by atoms with Crippen LogP contribution in [0.3, 0.4) is 0 Å². The first-order valence-corrected chi connectivity index (χ1v) is 27.2. The van der Waals surface area contributed by atoms with Crippen LogP contribution in [0.15, 0.2) is 47.6 Å². The van der Waals surface area contributed by atoms with Crippen molar-refractivity contribution in [3.05, 3.63) is 47.6 Å². The van der Waals surface area contributed by atoms with Crippen molar-refractivity contribution in [1.82, 2.24) is 9.62 Å². The van der Waals surface area contributed by atoms with Crippen LogP contribution < -0.4 is 4.72 Å². The van der Waals surface area contributed by atoms with Gasteiger partial charge in [0.05, 0.1) is 30.7 Å². The molecule has 0 aromatic rings. The lowest BCUT2D eigenvalue weighted by Crippen LogP contribution is -2.61. The van der Waals surface area contributed by atoms with Gasteiger partial charge in [0, 0.05) is 58.1 Å². The van der Waals surface area contributed by atoms with Crippen LogP contribution in [0.4, 0.5) is 0 Å². The first kappa shape index (κ1) is 60.1. The molecule has 1 amide bonds. The number of fused-ring (bicyclic) bond motifs is 3. The monoisotopic (exact) mass is 1020 g/mol. The number of piperidine rings is 1. The van der Waals surface area contributed by atoms with Crippen molar-refractivity contribution in [1.29, 1.82) is 0 Å². The number of ketones is 3. The lowest BCUT2D eigenvalue weighted by Gasteiger charge is -2.43. The molecule has 0 aromatic heterocycles. The molecule has 2 saturated heterocycles. The number of cyclic esters (lactones) is 1. The Kier molecular flexibility index (Phi) is 23.5. The van der Waals surface area contributed by atoms with E-state index in [1.807, 2.05) is 26.0 Å². The van der Waals surface area contributed by atoms with Gasteiger partial charge in [0.2, 0.25) is 15.8 Å². The van der Waals surface area contributed by atoms with E-state index in [4.69, 9.17) is 23.7 Å². The number of hydrogen-bond donors (Lipinski definition) is 4. The third-order valence-electron chi connectivity index (χ3n) is 15.1. The number of rotatable bonds is 10. The number of nitrogens with zero attached hydrogens (tertiary/aromatic N) is 1. The molecule has 0 unspecified atom stereocenters. The largest absolute Gasteiger partial charge is 0.460 e. The first-order valence-electron chi connectivity index (χ1n) is 25.6. The summed E-state index contributed by atoms with van der Waals surface area (Å²) in [5, 5.41) is 34.1. The molecule has 0 spiro atoms. The van der Waals surface area contributed by atoms with Crippen LogP contribution in [0, 0.1) is 35.5 Å². The maximum absolute atomic E-state index is 14.5. The molecule has 4 N–H and O–H groups in total. The van der Waals surface area contributed by atoms with E-state index in [9.17, 15) is 47.7 Å². The summed E-state index contributed by atoms with van der Waals surface area (Å²) in [5.74, 6) is -9.18. The van der Waals surface area contributed by atoms with Gasteiger partial charge in [-0.15, -0.1) is 0 Å². The van der Waals surface area contributed by atoms with Crippen LogP contribution >= 0.6 is 0 Å². The maximum Gasteiger partial charge on any atom is 0.329 e. The zero-order chi connectivity index (χ0) is 52.8. The summed E-state index contributed by atoms with van der Waals surface area (Å²) in [6.07, 6.45) is 9.50. The summed E-state index contributed by atoms with van der Waals surface area (Å²) in [7, 11) is 0.410. The Balaban J connectivity index is 1.75. The second kappa shape index (κ2) is 27.7. The Morgan fingerprint density at radius 2 is 1.61 bits per heavy atom. The van der Waals surface area contributed by atoms with E-state index in [0.717, 1.165) is 4.90 Å². The molecular weight excluding hydrogens is 937 g/mol. The third-order valence-corrected chi connectivity index (χ3v) is 16.5. The standard InChI is InChI=1S/C53H84N2O15S/c1-32-16-12-11-13-17-33(2)41(54-71(64,65)25-24-66-8)30-40-21-19-38(7)53(63,70-40)50(60)51(61)55-23-15-14-18-42(55)52(62)69-45(35(4)28-39-20-22-43(56)46(29-39)67-9)31-44(57)34(3)27-37(6)48(59)49(68-10)47(58)36(5)26-32/h11-13,16-17,27,32,34-36,38-43,45-46,48-49,54,56,59,63H,14-15,18-26,28-31H2,1-10H3/b13-11+,16-12+,33-17+,37-27+/t32-,34-,35-,36-,38-,39+,40+,41-,42+,43-,45+,46-,48-,49+,53-/m1/s1. The number of hydrogen-bond acceptors (Lipinski definition) is 15. The minimum atomic E-state index is -3.89. The van der Waals surface area contributed by atoms with Crippen molar-refractivity contribution in [2.75, 3.05) is 40.2 Å². The fourth-order valence-corrected chi connectivity index (χ4v) is 11.7. The summed E-state index contributed by atoms with van der Waals surface area (Å²) in [4.78, 5) is 72.3. The molecule has 1 saturated carbocycles. The summed E-state index contributed by atoms with van der Waals surface area (Å²) in [5.41, 5.74) is 0.954. The number of carbonyl (C=O) groups is 5. The Morgan fingerprint density at radius 1 is 0.887 bits per heavy atom. The number of Topliss-reactive ketones (excluding diaryl/α,β-unsaturated/α-hetero) is 3. The van der Waals surface area contributed by atoms with Gasteiger partial charge in [-0.3, -0.25) is 19.2 Å². The molecular formula is C53H84N2O15S. The fraction of sp³-hybridized carbons (Fsp3) is 0.755. The van der Waals surface area contributed by atoms with Crippen LogP contribution in [-0.4, -0.2) is 153 Å². The second-order valence-corrected chi connectivity index (χ2v) is 22.7. The molecule has 1 aliphatic carbocycles. The van der Waals surface area contributed by atoms with Gasteiger partial charge in [-0.05, 0) is 108 Å². The van der Waals surface area contributed by atoms with Crippen LogP contribution in [0.1, 0.15) is 126 Å². The number of aliphatic hydroxyl groups is 3. The highest BCUT2D eigenvalue weighted by Crippen LogP contribution is 2.38. The molecule has 402 valence electrons. The van der Waals surface area contributed by atoms with E-state index in [-0.39, 0.29) is 80.0 Å². The summed E-state index contributed by atoms with van der Waals surface area (Å²) in [6.45, 7) is 12.2. The van der Waals surface area contributed by atoms with Crippen molar-refractivity contribution >= 4 is 39.2 Å². The first-order chi connectivity index (χ1) is 33.5. The van der Waals surface area contributed by atoms with Crippen molar-refractivity contribution < 1.29 is 71.4 Å². The number of allylic oxidation sites excluding steroid dienone is 6. The zero-order valence-electron chi connectivity index (χ0n) is 43.7. The Morgan fingerprint density at radius 3 is 2.28 bits per heavy atom. The number of carbonyl (C=O) groups excluding carboxylic acids is 5. The molecule has 18 heteroatoms. The average Bonchev–Trinajstić information content (AvgIpc) is 3.33. The predicted octanol–water partition coefficient (Wildman–Crippen LogP) is 5.10. The molecule has 71 heavy (non-hydrogen) atoms. The van der Waals surface area contributed by atoms with Crippen molar-refractivity contribution in [2.45, 2.75) is 180 Å². The highest BCUT2D eigenvalue weighted by atomic mass is 32.2. The van der Waals surface area contributed by atoms with Gasteiger partial charge in [0.25, 0.3) is 11.7 Å². The average molecular weight is 1020 g/mol. The smallest absolute Gasteiger partial charge is 0.329 e. The van der Waals surface area contributed by atoms with Gasteiger partial charge in [0.15, 0.2) is 5.78 Å². The van der Waals surface area contributed by atoms with E-state index in [1.165, 1.54) is 14.2 Å². The summed E-state index contributed by atoms with van der Waals surface area (Å²) in [6, 6.07) is -2.06. The highest BCUT2D eigenvalue weighted by molar-refractivity contribution is 7.89. The van der Waals surface area contributed by atoms with E-state index in [0.29, 0.717) is 62.5 Å². The van der Waals surface area contributed by atoms with Crippen molar-refractivity contribution in [3.63, 3.8) is 0 Å². The van der Waals surface area contributed by atoms with Crippen LogP contribution in [-0.2, 0) is 57.7 Å². The van der Waals surface area contributed by atoms with Gasteiger partial charge in [0.1, 0.15) is 30.1 Å². The molecule has 17 nitrogen and oxygen atoms in total. The van der Waals surface area contributed by atoms with E-state index in [2.05, 4.69) is 4.72 Å². The molecule has 2 bridgehead atoms. The normalized spacial score (nSPS) is 38.2. The molecule has 4 aliphatic rings. The van der Waals surface area contributed by atoms with Crippen molar-refractivity contribution in [3.8, 4) is 0 Å². The van der Waals surface area contributed by atoms with Crippen molar-refractivity contribution in [2.24, 2.45) is 35.5 Å². The van der Waals surface area contributed by atoms with E-state index < -0.39 is 93.8 Å². The van der Waals surface area contributed by atoms with Gasteiger partial charge in [-0.25, -0.2) is 17.9 Å².